The molecule has 1 N–H and O–H groups in total. The van der Waals surface area contributed by atoms with Gasteiger partial charge in [-0.3, -0.25) is 4.79 Å². The van der Waals surface area contributed by atoms with Crippen LogP contribution in [-0.2, 0) is 5.75 Å². The summed E-state index contributed by atoms with van der Waals surface area (Å²) in [4.78, 5) is 21.1. The predicted molar refractivity (Wildman–Crippen MR) is 111 cm³/mol. The Morgan fingerprint density at radius 1 is 1.12 bits per heavy atom. The number of nitrogens with one attached hydrogen (secondary N) is 1. The van der Waals surface area contributed by atoms with Gasteiger partial charge in [-0.1, -0.05) is 65.9 Å². The zero-order valence-corrected chi connectivity index (χ0v) is 16.2. The molecule has 4 aromatic rings. The number of fused-ring (bicyclic) bond motifs is 1. The number of aryl methyl sites for hydroxylation is 2. The molecule has 130 valence electrons. The van der Waals surface area contributed by atoms with E-state index in [2.05, 4.69) is 42.0 Å². The van der Waals surface area contributed by atoms with Gasteiger partial charge in [0.1, 0.15) is 4.83 Å². The molecule has 26 heavy (non-hydrogen) atoms. The Morgan fingerprint density at radius 2 is 1.92 bits per heavy atom. The minimum Gasteiger partial charge on any atom is -0.301 e. The molecular weight excluding hydrogens is 360 g/mol. The van der Waals surface area contributed by atoms with Gasteiger partial charge < -0.3 is 4.98 Å². The van der Waals surface area contributed by atoms with Gasteiger partial charge in [-0.25, -0.2) is 4.98 Å². The molecule has 0 fully saturated rings. The number of rotatable bonds is 4. The molecule has 0 aliphatic rings. The molecular formula is C21H18N2OS2. The average Bonchev–Trinajstić information content (AvgIpc) is 3.08. The maximum absolute atomic E-state index is 12.7. The van der Waals surface area contributed by atoms with E-state index in [9.17, 15) is 4.79 Å². The fourth-order valence-corrected chi connectivity index (χ4v) is 4.86. The maximum atomic E-state index is 12.7. The van der Waals surface area contributed by atoms with Crippen LogP contribution in [0.5, 0.6) is 0 Å². The first-order valence-electron chi connectivity index (χ1n) is 8.37. The summed E-state index contributed by atoms with van der Waals surface area (Å²) in [5.74, 6) is 0.791. The summed E-state index contributed by atoms with van der Waals surface area (Å²) >= 11 is 3.09. The van der Waals surface area contributed by atoms with E-state index in [1.54, 1.807) is 11.8 Å². The van der Waals surface area contributed by atoms with Crippen molar-refractivity contribution in [1.82, 2.24) is 9.97 Å². The SMILES string of the molecule is Cc1ccc(C)c(CSc2nc3scc(-c4ccccc4)c3c(=O)[nH]2)c1. The molecule has 5 heteroatoms. The van der Waals surface area contributed by atoms with Crippen molar-refractivity contribution in [3.05, 3.63) is 81.0 Å². The first-order chi connectivity index (χ1) is 12.6. The van der Waals surface area contributed by atoms with Crippen molar-refractivity contribution in [1.29, 1.82) is 0 Å². The summed E-state index contributed by atoms with van der Waals surface area (Å²) in [6.45, 7) is 4.21. The lowest BCUT2D eigenvalue weighted by atomic mass is 10.1. The molecule has 2 aromatic heterocycles. The molecule has 3 nitrogen and oxygen atoms in total. The highest BCUT2D eigenvalue weighted by atomic mass is 32.2. The van der Waals surface area contributed by atoms with Crippen LogP contribution in [0.2, 0.25) is 0 Å². The molecule has 0 aliphatic heterocycles. The molecule has 0 radical (unpaired) electrons. The second-order valence-electron chi connectivity index (χ2n) is 6.29. The van der Waals surface area contributed by atoms with Gasteiger partial charge in [-0.05, 0) is 30.5 Å². The average molecular weight is 379 g/mol. The number of thioether (sulfide) groups is 1. The Labute approximate surface area is 160 Å². The summed E-state index contributed by atoms with van der Waals surface area (Å²) in [5.41, 5.74) is 5.70. The molecule has 0 spiro atoms. The van der Waals surface area contributed by atoms with E-state index in [0.29, 0.717) is 10.5 Å². The van der Waals surface area contributed by atoms with E-state index in [1.165, 1.54) is 28.0 Å². The van der Waals surface area contributed by atoms with Gasteiger partial charge >= 0.3 is 0 Å². The molecule has 0 amide bonds. The number of aromatic amines is 1. The van der Waals surface area contributed by atoms with Crippen molar-refractivity contribution in [3.8, 4) is 11.1 Å². The Bertz CT molecular complexity index is 1130. The van der Waals surface area contributed by atoms with Gasteiger partial charge in [-0.15, -0.1) is 11.3 Å². The molecule has 0 atom stereocenters. The van der Waals surface area contributed by atoms with Crippen molar-refractivity contribution in [3.63, 3.8) is 0 Å². The Morgan fingerprint density at radius 3 is 2.73 bits per heavy atom. The quantitative estimate of drug-likeness (QED) is 0.373. The van der Waals surface area contributed by atoms with Crippen LogP contribution in [0, 0.1) is 13.8 Å². The van der Waals surface area contributed by atoms with Crippen molar-refractivity contribution < 1.29 is 0 Å². The lowest BCUT2D eigenvalue weighted by molar-refractivity contribution is 0.979. The molecule has 0 bridgehead atoms. The summed E-state index contributed by atoms with van der Waals surface area (Å²) in [6.07, 6.45) is 0. The molecule has 0 aliphatic carbocycles. The van der Waals surface area contributed by atoms with E-state index >= 15 is 0 Å². The van der Waals surface area contributed by atoms with Crippen LogP contribution in [0.3, 0.4) is 0 Å². The highest BCUT2D eigenvalue weighted by molar-refractivity contribution is 7.98. The fraction of sp³-hybridized carbons (Fsp3) is 0.143. The monoisotopic (exact) mass is 378 g/mol. The van der Waals surface area contributed by atoms with E-state index in [1.807, 2.05) is 35.7 Å². The predicted octanol–water partition coefficient (Wildman–Crippen LogP) is 5.56. The first-order valence-corrected chi connectivity index (χ1v) is 10.2. The van der Waals surface area contributed by atoms with Crippen LogP contribution in [0.4, 0.5) is 0 Å². The third kappa shape index (κ3) is 3.32. The van der Waals surface area contributed by atoms with Gasteiger partial charge in [0.2, 0.25) is 0 Å². The number of H-pyrrole nitrogens is 1. The number of aromatic nitrogens is 2. The van der Waals surface area contributed by atoms with Crippen LogP contribution in [-0.4, -0.2) is 9.97 Å². The number of hydrogen-bond donors (Lipinski definition) is 1. The lowest BCUT2D eigenvalue weighted by Crippen LogP contribution is -2.08. The van der Waals surface area contributed by atoms with Crippen molar-refractivity contribution in [2.75, 3.05) is 0 Å². The Hall–Kier alpha value is -2.37. The zero-order valence-electron chi connectivity index (χ0n) is 14.6. The minimum atomic E-state index is -0.0708. The van der Waals surface area contributed by atoms with E-state index in [-0.39, 0.29) is 5.56 Å². The van der Waals surface area contributed by atoms with E-state index in [4.69, 9.17) is 0 Å². The van der Waals surface area contributed by atoms with Crippen LogP contribution in [0.1, 0.15) is 16.7 Å². The van der Waals surface area contributed by atoms with Gasteiger partial charge in [0.15, 0.2) is 5.16 Å². The third-order valence-corrected chi connectivity index (χ3v) is 6.17. The summed E-state index contributed by atoms with van der Waals surface area (Å²) in [6, 6.07) is 16.4. The number of nitrogens with zero attached hydrogens (tertiary/aromatic N) is 1. The Kier molecular flexibility index (Phi) is 4.66. The minimum absolute atomic E-state index is 0.0708. The smallest absolute Gasteiger partial charge is 0.260 e. The van der Waals surface area contributed by atoms with Gasteiger partial charge in [0.25, 0.3) is 5.56 Å². The summed E-state index contributed by atoms with van der Waals surface area (Å²) < 4.78 is 0. The number of benzene rings is 2. The van der Waals surface area contributed by atoms with Crippen molar-refractivity contribution in [2.24, 2.45) is 0 Å². The van der Waals surface area contributed by atoms with Crippen LogP contribution in [0.25, 0.3) is 21.3 Å². The fourth-order valence-electron chi connectivity index (χ4n) is 2.93. The Balaban J connectivity index is 1.66. The van der Waals surface area contributed by atoms with Crippen molar-refractivity contribution in [2.45, 2.75) is 24.8 Å². The highest BCUT2D eigenvalue weighted by Crippen LogP contribution is 2.32. The lowest BCUT2D eigenvalue weighted by Gasteiger charge is -2.07. The van der Waals surface area contributed by atoms with E-state index < -0.39 is 0 Å². The normalized spacial score (nSPS) is 11.2. The molecule has 2 aromatic carbocycles. The second-order valence-corrected chi connectivity index (χ2v) is 8.11. The van der Waals surface area contributed by atoms with Gasteiger partial charge in [0, 0.05) is 16.7 Å². The maximum Gasteiger partial charge on any atom is 0.260 e. The van der Waals surface area contributed by atoms with E-state index in [0.717, 1.165) is 21.7 Å². The topological polar surface area (TPSA) is 45.8 Å². The standard InChI is InChI=1S/C21H18N2OS2/c1-13-8-9-14(2)16(10-13)11-26-21-22-19(24)18-17(12-25-20(18)23-21)15-6-4-3-5-7-15/h3-10,12H,11H2,1-2H3,(H,22,23,24). The van der Waals surface area contributed by atoms with Gasteiger partial charge in [-0.2, -0.15) is 0 Å². The molecule has 0 saturated heterocycles. The molecule has 2 heterocycles. The van der Waals surface area contributed by atoms with Gasteiger partial charge in [0.05, 0.1) is 5.39 Å². The second kappa shape index (κ2) is 7.09. The summed E-state index contributed by atoms with van der Waals surface area (Å²) in [5, 5.41) is 3.36. The van der Waals surface area contributed by atoms with Crippen molar-refractivity contribution >= 4 is 33.3 Å². The van der Waals surface area contributed by atoms with Crippen LogP contribution >= 0.6 is 23.1 Å². The van der Waals surface area contributed by atoms with Crippen LogP contribution in [0.15, 0.2) is 63.9 Å². The summed E-state index contributed by atoms with van der Waals surface area (Å²) in [7, 11) is 0. The largest absolute Gasteiger partial charge is 0.301 e. The zero-order chi connectivity index (χ0) is 18.1. The molecule has 0 saturated carbocycles. The molecule has 0 unspecified atom stereocenters. The number of hydrogen-bond acceptors (Lipinski definition) is 4. The number of thiophene rings is 1. The molecule has 4 rings (SSSR count). The van der Waals surface area contributed by atoms with Crippen LogP contribution < -0.4 is 5.56 Å². The first kappa shape index (κ1) is 17.1. The highest BCUT2D eigenvalue weighted by Gasteiger charge is 2.13. The third-order valence-electron chi connectivity index (χ3n) is 4.38.